The normalized spacial score (nSPS) is 15.3. The maximum atomic E-state index is 13.6. The number of nitrogens with zero attached hydrogens (tertiary/aromatic N) is 1. The number of carboxylic acids is 1. The number of carbonyl (C=O) groups excluding carboxylic acids is 2. The van der Waals surface area contributed by atoms with Crippen LogP contribution in [0.1, 0.15) is 36.0 Å². The first-order valence-corrected chi connectivity index (χ1v) is 7.08. The maximum Gasteiger partial charge on any atom is 0.335 e. The summed E-state index contributed by atoms with van der Waals surface area (Å²) in [6, 6.07) is 3.15. The molecule has 0 aromatic heterocycles. The summed E-state index contributed by atoms with van der Waals surface area (Å²) in [5.41, 5.74) is -0.324. The molecule has 7 heteroatoms. The van der Waals surface area contributed by atoms with Gasteiger partial charge in [0.05, 0.1) is 17.8 Å². The Bertz CT molecular complexity index is 603. The lowest BCUT2D eigenvalue weighted by atomic mass is 10.2. The van der Waals surface area contributed by atoms with E-state index in [1.165, 1.54) is 4.90 Å². The Hall–Kier alpha value is -2.44. The monoisotopic (exact) mass is 308 g/mol. The van der Waals surface area contributed by atoms with Crippen LogP contribution >= 0.6 is 0 Å². The van der Waals surface area contributed by atoms with Gasteiger partial charge in [-0.25, -0.2) is 9.18 Å². The van der Waals surface area contributed by atoms with Crippen molar-refractivity contribution >= 4 is 23.5 Å². The molecule has 0 spiro atoms. The quantitative estimate of drug-likeness (QED) is 0.889. The molecule has 1 fully saturated rings. The predicted octanol–water partition coefficient (Wildman–Crippen LogP) is 1.87. The highest BCUT2D eigenvalue weighted by Crippen LogP contribution is 2.17. The van der Waals surface area contributed by atoms with Crippen LogP contribution in [0.3, 0.4) is 0 Å². The van der Waals surface area contributed by atoms with Crippen molar-refractivity contribution in [1.29, 1.82) is 0 Å². The van der Waals surface area contributed by atoms with Gasteiger partial charge in [-0.2, -0.15) is 0 Å². The summed E-state index contributed by atoms with van der Waals surface area (Å²) in [7, 11) is 0. The molecule has 118 valence electrons. The average molecular weight is 308 g/mol. The smallest absolute Gasteiger partial charge is 0.335 e. The van der Waals surface area contributed by atoms with Gasteiger partial charge in [-0.15, -0.1) is 0 Å². The van der Waals surface area contributed by atoms with E-state index < -0.39 is 17.7 Å². The second-order valence-electron chi connectivity index (χ2n) is 5.17. The zero-order valence-electron chi connectivity index (χ0n) is 12.0. The van der Waals surface area contributed by atoms with Gasteiger partial charge in [-0.05, 0) is 31.0 Å². The van der Waals surface area contributed by atoms with E-state index in [-0.39, 0.29) is 23.7 Å². The number of hydrogen-bond acceptors (Lipinski definition) is 3. The zero-order chi connectivity index (χ0) is 16.1. The summed E-state index contributed by atoms with van der Waals surface area (Å²) in [5.74, 6) is -2.57. The molecule has 6 nitrogen and oxygen atoms in total. The zero-order valence-corrected chi connectivity index (χ0v) is 12.0. The molecule has 0 atom stereocenters. The van der Waals surface area contributed by atoms with Gasteiger partial charge in [-0.3, -0.25) is 9.59 Å². The van der Waals surface area contributed by atoms with Crippen molar-refractivity contribution in [3.63, 3.8) is 0 Å². The Morgan fingerprint density at radius 1 is 1.27 bits per heavy atom. The summed E-state index contributed by atoms with van der Waals surface area (Å²) in [5, 5.41) is 11.2. The summed E-state index contributed by atoms with van der Waals surface area (Å²) in [6.45, 7) is 0.347. The largest absolute Gasteiger partial charge is 0.478 e. The molecule has 1 aliphatic heterocycles. The van der Waals surface area contributed by atoms with Crippen LogP contribution in [0.5, 0.6) is 0 Å². The van der Waals surface area contributed by atoms with Gasteiger partial charge >= 0.3 is 5.97 Å². The number of hydrogen-bond donors (Lipinski definition) is 2. The number of carbonyl (C=O) groups is 3. The number of rotatable bonds is 4. The Balaban J connectivity index is 2.03. The van der Waals surface area contributed by atoms with Gasteiger partial charge < -0.3 is 15.3 Å². The summed E-state index contributed by atoms with van der Waals surface area (Å²) in [6.07, 6.45) is 3.00. The fourth-order valence-corrected chi connectivity index (χ4v) is 2.32. The van der Waals surface area contributed by atoms with Crippen LogP contribution in [0.25, 0.3) is 0 Å². The van der Waals surface area contributed by atoms with Crippen molar-refractivity contribution in [2.45, 2.75) is 25.7 Å². The van der Waals surface area contributed by atoms with Crippen LogP contribution in [0, 0.1) is 5.82 Å². The number of aromatic carboxylic acids is 1. The molecule has 22 heavy (non-hydrogen) atoms. The van der Waals surface area contributed by atoms with E-state index in [0.29, 0.717) is 13.0 Å². The van der Waals surface area contributed by atoms with Crippen molar-refractivity contribution in [3.8, 4) is 0 Å². The van der Waals surface area contributed by atoms with Gasteiger partial charge in [0.2, 0.25) is 11.8 Å². The average Bonchev–Trinajstić information content (AvgIpc) is 2.66. The fraction of sp³-hybridized carbons (Fsp3) is 0.400. The van der Waals surface area contributed by atoms with E-state index >= 15 is 0 Å². The third kappa shape index (κ3) is 4.03. The molecule has 2 N–H and O–H groups in total. The van der Waals surface area contributed by atoms with Gasteiger partial charge in [0.25, 0.3) is 0 Å². The number of nitrogens with one attached hydrogen (secondary N) is 1. The van der Waals surface area contributed by atoms with Crippen LogP contribution in [0.4, 0.5) is 10.1 Å². The lowest BCUT2D eigenvalue weighted by molar-refractivity contribution is -0.134. The molecular weight excluding hydrogens is 291 g/mol. The Labute approximate surface area is 126 Å². The minimum atomic E-state index is -1.21. The second kappa shape index (κ2) is 7.02. The highest BCUT2D eigenvalue weighted by molar-refractivity contribution is 5.96. The topological polar surface area (TPSA) is 86.7 Å². The first kappa shape index (κ1) is 15.9. The first-order valence-electron chi connectivity index (χ1n) is 7.08. The Morgan fingerprint density at radius 2 is 2.05 bits per heavy atom. The lowest BCUT2D eigenvalue weighted by Crippen LogP contribution is -2.37. The van der Waals surface area contributed by atoms with Gasteiger partial charge in [0.15, 0.2) is 0 Å². The van der Waals surface area contributed by atoms with Crippen molar-refractivity contribution in [1.82, 2.24) is 4.90 Å². The predicted molar refractivity (Wildman–Crippen MR) is 77.0 cm³/mol. The lowest BCUT2D eigenvalue weighted by Gasteiger charge is -2.19. The molecule has 0 bridgehead atoms. The molecule has 2 amide bonds. The second-order valence-corrected chi connectivity index (χ2v) is 5.17. The van der Waals surface area contributed by atoms with Crippen LogP contribution < -0.4 is 5.32 Å². The summed E-state index contributed by atoms with van der Waals surface area (Å²) >= 11 is 0. The van der Waals surface area contributed by atoms with Gasteiger partial charge in [-0.1, -0.05) is 6.42 Å². The van der Waals surface area contributed by atoms with Crippen LogP contribution in [0.2, 0.25) is 0 Å². The molecule has 0 aliphatic carbocycles. The van der Waals surface area contributed by atoms with Crippen molar-refractivity contribution in [2.24, 2.45) is 0 Å². The molecule has 1 aromatic carbocycles. The third-order valence-corrected chi connectivity index (χ3v) is 3.49. The Morgan fingerprint density at radius 3 is 2.77 bits per heavy atom. The van der Waals surface area contributed by atoms with Crippen LogP contribution in [-0.4, -0.2) is 40.9 Å². The maximum absolute atomic E-state index is 13.6. The number of likely N-dealkylation sites (tertiary alicyclic amines) is 1. The standard InChI is InChI=1S/C15H17FN2O4/c16-11-6-5-10(15(21)22)8-12(11)17-13(19)9-18-7-3-1-2-4-14(18)20/h5-6,8H,1-4,7,9H2,(H,17,19)(H,21,22). The molecule has 1 saturated heterocycles. The van der Waals surface area contributed by atoms with E-state index in [1.54, 1.807) is 0 Å². The number of halogens is 1. The van der Waals surface area contributed by atoms with Crippen molar-refractivity contribution in [2.75, 3.05) is 18.4 Å². The third-order valence-electron chi connectivity index (χ3n) is 3.49. The highest BCUT2D eigenvalue weighted by atomic mass is 19.1. The van der Waals surface area contributed by atoms with E-state index in [1.807, 2.05) is 0 Å². The van der Waals surface area contributed by atoms with Gasteiger partial charge in [0.1, 0.15) is 5.82 Å². The fourth-order valence-electron chi connectivity index (χ4n) is 2.32. The highest BCUT2D eigenvalue weighted by Gasteiger charge is 2.20. The molecule has 1 heterocycles. The summed E-state index contributed by atoms with van der Waals surface area (Å²) in [4.78, 5) is 36.1. The number of amides is 2. The number of benzene rings is 1. The molecule has 1 aromatic rings. The molecule has 0 saturated carbocycles. The molecule has 1 aliphatic rings. The van der Waals surface area contributed by atoms with E-state index in [9.17, 15) is 18.8 Å². The minimum absolute atomic E-state index is 0.0904. The molecule has 2 rings (SSSR count). The molecule has 0 radical (unpaired) electrons. The van der Waals surface area contributed by atoms with Crippen LogP contribution in [-0.2, 0) is 9.59 Å². The molecular formula is C15H17FN2O4. The SMILES string of the molecule is O=C(CN1CCCCCC1=O)Nc1cc(C(=O)O)ccc1F. The van der Waals surface area contributed by atoms with E-state index in [4.69, 9.17) is 5.11 Å². The van der Waals surface area contributed by atoms with Crippen molar-refractivity contribution in [3.05, 3.63) is 29.6 Å². The van der Waals surface area contributed by atoms with Crippen molar-refractivity contribution < 1.29 is 23.9 Å². The number of carboxylic acid groups (broad SMARTS) is 1. The Kier molecular flexibility index (Phi) is 5.08. The summed E-state index contributed by atoms with van der Waals surface area (Å²) < 4.78 is 13.6. The number of anilines is 1. The van der Waals surface area contributed by atoms with E-state index in [0.717, 1.165) is 37.5 Å². The van der Waals surface area contributed by atoms with Crippen LogP contribution in [0.15, 0.2) is 18.2 Å². The minimum Gasteiger partial charge on any atom is -0.478 e. The first-order chi connectivity index (χ1) is 10.5. The van der Waals surface area contributed by atoms with Gasteiger partial charge in [0, 0.05) is 13.0 Å². The van der Waals surface area contributed by atoms with E-state index in [2.05, 4.69) is 5.32 Å². The molecule has 0 unspecified atom stereocenters.